The average molecular weight is 244 g/mol. The molecule has 0 aliphatic carbocycles. The third kappa shape index (κ3) is 2.94. The SMILES string of the molecule is CCC(C(=O)NCc1ncn[nH]1)c1ccccc1. The van der Waals surface area contributed by atoms with Crippen LogP contribution in [0.5, 0.6) is 0 Å². The van der Waals surface area contributed by atoms with Crippen molar-refractivity contribution < 1.29 is 4.79 Å². The third-order valence-corrected chi connectivity index (χ3v) is 2.82. The maximum atomic E-state index is 12.1. The summed E-state index contributed by atoms with van der Waals surface area (Å²) in [5.74, 6) is 0.556. The summed E-state index contributed by atoms with van der Waals surface area (Å²) < 4.78 is 0. The zero-order valence-corrected chi connectivity index (χ0v) is 10.3. The summed E-state index contributed by atoms with van der Waals surface area (Å²) in [4.78, 5) is 16.1. The van der Waals surface area contributed by atoms with Gasteiger partial charge < -0.3 is 5.32 Å². The molecule has 1 amide bonds. The molecule has 1 unspecified atom stereocenters. The van der Waals surface area contributed by atoms with E-state index in [1.807, 2.05) is 37.3 Å². The van der Waals surface area contributed by atoms with Gasteiger partial charge in [0, 0.05) is 0 Å². The van der Waals surface area contributed by atoms with E-state index in [2.05, 4.69) is 20.5 Å². The van der Waals surface area contributed by atoms with Gasteiger partial charge in [-0.2, -0.15) is 5.10 Å². The molecule has 94 valence electrons. The molecule has 0 saturated heterocycles. The lowest BCUT2D eigenvalue weighted by atomic mass is 9.96. The molecule has 0 radical (unpaired) electrons. The zero-order valence-electron chi connectivity index (χ0n) is 10.3. The van der Waals surface area contributed by atoms with Crippen LogP contribution < -0.4 is 5.32 Å². The highest BCUT2D eigenvalue weighted by atomic mass is 16.1. The molecule has 2 aromatic rings. The van der Waals surface area contributed by atoms with E-state index < -0.39 is 0 Å². The van der Waals surface area contributed by atoms with Crippen molar-refractivity contribution in [3.8, 4) is 0 Å². The quantitative estimate of drug-likeness (QED) is 0.839. The highest BCUT2D eigenvalue weighted by Crippen LogP contribution is 2.19. The number of aromatic nitrogens is 3. The molecule has 0 saturated carbocycles. The van der Waals surface area contributed by atoms with Crippen LogP contribution in [0, 0.1) is 0 Å². The van der Waals surface area contributed by atoms with E-state index in [4.69, 9.17) is 0 Å². The van der Waals surface area contributed by atoms with Crippen LogP contribution in [-0.2, 0) is 11.3 Å². The van der Waals surface area contributed by atoms with Crippen molar-refractivity contribution in [2.24, 2.45) is 0 Å². The molecule has 1 atom stereocenters. The summed E-state index contributed by atoms with van der Waals surface area (Å²) in [7, 11) is 0. The molecule has 1 heterocycles. The molecule has 1 aromatic carbocycles. The smallest absolute Gasteiger partial charge is 0.227 e. The Morgan fingerprint density at radius 3 is 2.78 bits per heavy atom. The minimum atomic E-state index is -0.117. The number of hydrogen-bond acceptors (Lipinski definition) is 3. The highest BCUT2D eigenvalue weighted by molar-refractivity contribution is 5.83. The molecule has 0 spiro atoms. The van der Waals surface area contributed by atoms with Crippen LogP contribution in [0.25, 0.3) is 0 Å². The minimum Gasteiger partial charge on any atom is -0.348 e. The first kappa shape index (κ1) is 12.3. The monoisotopic (exact) mass is 244 g/mol. The van der Waals surface area contributed by atoms with E-state index >= 15 is 0 Å². The van der Waals surface area contributed by atoms with E-state index in [0.29, 0.717) is 12.4 Å². The van der Waals surface area contributed by atoms with Crippen LogP contribution >= 0.6 is 0 Å². The standard InChI is InChI=1S/C13H16N4O/c1-2-11(10-6-4-3-5-7-10)13(18)14-8-12-15-9-16-17-12/h3-7,9,11H,2,8H2,1H3,(H,14,18)(H,15,16,17). The van der Waals surface area contributed by atoms with Gasteiger partial charge in [0.15, 0.2) is 0 Å². The second-order valence-corrected chi connectivity index (χ2v) is 4.02. The fourth-order valence-corrected chi connectivity index (χ4v) is 1.87. The van der Waals surface area contributed by atoms with E-state index in [0.717, 1.165) is 12.0 Å². The van der Waals surface area contributed by atoms with E-state index in [1.54, 1.807) is 0 Å². The Kier molecular flexibility index (Phi) is 4.06. The van der Waals surface area contributed by atoms with Crippen LogP contribution in [-0.4, -0.2) is 21.1 Å². The molecule has 0 aliphatic heterocycles. The van der Waals surface area contributed by atoms with Crippen LogP contribution in [0.15, 0.2) is 36.7 Å². The summed E-state index contributed by atoms with van der Waals surface area (Å²) in [5.41, 5.74) is 1.04. The number of amides is 1. The number of carbonyl (C=O) groups is 1. The van der Waals surface area contributed by atoms with Gasteiger partial charge in [-0.25, -0.2) is 4.98 Å². The normalized spacial score (nSPS) is 12.1. The van der Waals surface area contributed by atoms with E-state index in [-0.39, 0.29) is 11.8 Å². The number of rotatable bonds is 5. The number of nitrogens with one attached hydrogen (secondary N) is 2. The molecule has 0 fully saturated rings. The Balaban J connectivity index is 1.98. The first-order valence-electron chi connectivity index (χ1n) is 5.98. The lowest BCUT2D eigenvalue weighted by Gasteiger charge is -2.14. The maximum absolute atomic E-state index is 12.1. The van der Waals surface area contributed by atoms with Gasteiger partial charge in [-0.3, -0.25) is 9.89 Å². The van der Waals surface area contributed by atoms with Gasteiger partial charge in [0.2, 0.25) is 5.91 Å². The van der Waals surface area contributed by atoms with Crippen molar-refractivity contribution in [2.45, 2.75) is 25.8 Å². The fraction of sp³-hybridized carbons (Fsp3) is 0.308. The molecule has 5 heteroatoms. The number of carbonyl (C=O) groups excluding carboxylic acids is 1. The Hall–Kier alpha value is -2.17. The molecule has 5 nitrogen and oxygen atoms in total. The predicted octanol–water partition coefficient (Wildman–Crippen LogP) is 1.61. The lowest BCUT2D eigenvalue weighted by molar-refractivity contribution is -0.122. The van der Waals surface area contributed by atoms with Crippen LogP contribution in [0.2, 0.25) is 0 Å². The summed E-state index contributed by atoms with van der Waals surface area (Å²) >= 11 is 0. The van der Waals surface area contributed by atoms with Gasteiger partial charge in [0.1, 0.15) is 12.2 Å². The summed E-state index contributed by atoms with van der Waals surface area (Å²) in [5, 5.41) is 9.31. The van der Waals surface area contributed by atoms with Gasteiger partial charge in [0.05, 0.1) is 12.5 Å². The second kappa shape index (κ2) is 5.95. The van der Waals surface area contributed by atoms with Crippen LogP contribution in [0.4, 0.5) is 0 Å². The summed E-state index contributed by atoms with van der Waals surface area (Å²) in [6.45, 7) is 2.38. The van der Waals surface area contributed by atoms with Gasteiger partial charge >= 0.3 is 0 Å². The Morgan fingerprint density at radius 2 is 2.17 bits per heavy atom. The Morgan fingerprint density at radius 1 is 1.39 bits per heavy atom. The molecule has 0 bridgehead atoms. The van der Waals surface area contributed by atoms with Gasteiger partial charge in [-0.05, 0) is 12.0 Å². The Bertz CT molecular complexity index is 481. The van der Waals surface area contributed by atoms with E-state index in [9.17, 15) is 4.79 Å². The number of aromatic amines is 1. The summed E-state index contributed by atoms with van der Waals surface area (Å²) in [6.07, 6.45) is 2.20. The topological polar surface area (TPSA) is 70.7 Å². The number of hydrogen-bond donors (Lipinski definition) is 2. The average Bonchev–Trinajstić information content (AvgIpc) is 2.92. The van der Waals surface area contributed by atoms with Gasteiger partial charge in [0.25, 0.3) is 0 Å². The molecule has 2 N–H and O–H groups in total. The number of benzene rings is 1. The van der Waals surface area contributed by atoms with Gasteiger partial charge in [-0.15, -0.1) is 0 Å². The maximum Gasteiger partial charge on any atom is 0.227 e. The Labute approximate surface area is 106 Å². The first-order valence-corrected chi connectivity index (χ1v) is 5.98. The third-order valence-electron chi connectivity index (χ3n) is 2.82. The molecule has 0 aliphatic rings. The lowest BCUT2D eigenvalue weighted by Crippen LogP contribution is -2.29. The summed E-state index contributed by atoms with van der Waals surface area (Å²) in [6, 6.07) is 9.79. The molecule has 1 aromatic heterocycles. The van der Waals surface area contributed by atoms with Crippen LogP contribution in [0.3, 0.4) is 0 Å². The number of nitrogens with zero attached hydrogens (tertiary/aromatic N) is 2. The van der Waals surface area contributed by atoms with Crippen molar-refractivity contribution in [1.29, 1.82) is 0 Å². The van der Waals surface area contributed by atoms with Crippen LogP contribution in [0.1, 0.15) is 30.7 Å². The molecule has 2 rings (SSSR count). The predicted molar refractivity (Wildman–Crippen MR) is 67.7 cm³/mol. The van der Waals surface area contributed by atoms with E-state index in [1.165, 1.54) is 6.33 Å². The molecular formula is C13H16N4O. The van der Waals surface area contributed by atoms with Crippen molar-refractivity contribution in [3.63, 3.8) is 0 Å². The second-order valence-electron chi connectivity index (χ2n) is 4.02. The van der Waals surface area contributed by atoms with Crippen molar-refractivity contribution >= 4 is 5.91 Å². The van der Waals surface area contributed by atoms with Crippen molar-refractivity contribution in [2.75, 3.05) is 0 Å². The first-order chi connectivity index (χ1) is 8.81. The molecule has 18 heavy (non-hydrogen) atoms. The minimum absolute atomic E-state index is 0.0140. The largest absolute Gasteiger partial charge is 0.348 e. The fourth-order valence-electron chi connectivity index (χ4n) is 1.87. The zero-order chi connectivity index (χ0) is 12.8. The number of H-pyrrole nitrogens is 1. The van der Waals surface area contributed by atoms with Gasteiger partial charge in [-0.1, -0.05) is 37.3 Å². The van der Waals surface area contributed by atoms with Crippen molar-refractivity contribution in [3.05, 3.63) is 48.0 Å². The highest BCUT2D eigenvalue weighted by Gasteiger charge is 2.18. The molecular weight excluding hydrogens is 228 g/mol. The van der Waals surface area contributed by atoms with Crippen molar-refractivity contribution in [1.82, 2.24) is 20.5 Å².